The van der Waals surface area contributed by atoms with Gasteiger partial charge in [-0.3, -0.25) is 9.69 Å². The van der Waals surface area contributed by atoms with Crippen molar-refractivity contribution in [2.45, 2.75) is 20.3 Å². The van der Waals surface area contributed by atoms with Gasteiger partial charge in [0, 0.05) is 50.9 Å². The molecule has 0 atom stereocenters. The first-order valence-electron chi connectivity index (χ1n) is 10.7. The third kappa shape index (κ3) is 4.86. The second-order valence-corrected chi connectivity index (χ2v) is 8.14. The number of nitrogens with zero attached hydrogens (tertiary/aromatic N) is 3. The fourth-order valence-corrected chi connectivity index (χ4v) is 3.93. The number of hydrogen-bond donors (Lipinski definition) is 1. The number of fused-ring (bicyclic) bond motifs is 1. The summed E-state index contributed by atoms with van der Waals surface area (Å²) in [4.78, 5) is 24.5. The first-order chi connectivity index (χ1) is 16.0. The van der Waals surface area contributed by atoms with Gasteiger partial charge < -0.3 is 5.11 Å². The third-order valence-corrected chi connectivity index (χ3v) is 5.66. The summed E-state index contributed by atoms with van der Waals surface area (Å²) in [5.74, 6) is 0.534. The van der Waals surface area contributed by atoms with Crippen LogP contribution >= 0.6 is 0 Å². The fraction of sp³-hybridized carbons (Fsp3) is 0.107. The Morgan fingerprint density at radius 2 is 1.71 bits per heavy atom. The molecule has 165 valence electrons. The van der Waals surface area contributed by atoms with Gasteiger partial charge in [0.25, 0.3) is 5.91 Å². The maximum absolute atomic E-state index is 13.3. The van der Waals surface area contributed by atoms with Crippen LogP contribution in [0.1, 0.15) is 27.8 Å². The summed E-state index contributed by atoms with van der Waals surface area (Å²) in [6.45, 7) is 3.97. The molecule has 0 saturated carbocycles. The molecule has 0 unspecified atom stereocenters. The van der Waals surface area contributed by atoms with Gasteiger partial charge in [0.1, 0.15) is 11.4 Å². The predicted octanol–water partition coefficient (Wildman–Crippen LogP) is 5.08. The molecule has 1 radical (unpaired) electrons. The SMILES string of the molecule is Cc1[c-]c(C)c(/C=C2\N=C3C(Cc4ccccc4)=NC(c4ccc(O)cc4)=CN3C2=O)cc1.[Y]. The van der Waals surface area contributed by atoms with Crippen LogP contribution in [0.25, 0.3) is 11.8 Å². The van der Waals surface area contributed by atoms with Crippen LogP contribution in [0.15, 0.2) is 88.6 Å². The Balaban J connectivity index is 0.00000274. The smallest absolute Gasteiger partial charge is 0.281 e. The normalized spacial score (nSPS) is 15.9. The third-order valence-electron chi connectivity index (χ3n) is 5.66. The number of amides is 1. The number of carbonyl (C=O) groups is 1. The van der Waals surface area contributed by atoms with E-state index in [2.05, 4.69) is 6.07 Å². The number of hydrogen-bond acceptors (Lipinski definition) is 4. The minimum absolute atomic E-state index is 0. The zero-order chi connectivity index (χ0) is 22.9. The number of carbonyl (C=O) groups excluding carboxylic acids is 1. The number of rotatable bonds is 4. The Labute approximate surface area is 224 Å². The van der Waals surface area contributed by atoms with Crippen LogP contribution in [-0.2, 0) is 43.9 Å². The van der Waals surface area contributed by atoms with E-state index in [0.717, 1.165) is 33.5 Å². The van der Waals surface area contributed by atoms with Gasteiger partial charge in [0.15, 0.2) is 5.84 Å². The van der Waals surface area contributed by atoms with Crippen molar-refractivity contribution < 1.29 is 42.6 Å². The Hall–Kier alpha value is -3.15. The van der Waals surface area contributed by atoms with Gasteiger partial charge >= 0.3 is 0 Å². The molecule has 5 rings (SSSR count). The molecule has 0 fully saturated rings. The summed E-state index contributed by atoms with van der Waals surface area (Å²) in [6.07, 6.45) is 4.08. The first-order valence-corrected chi connectivity index (χ1v) is 10.7. The van der Waals surface area contributed by atoms with Crippen molar-refractivity contribution in [3.05, 3.63) is 113 Å². The molecule has 0 spiro atoms. The first kappa shape index (κ1) is 24.0. The van der Waals surface area contributed by atoms with E-state index in [1.165, 1.54) is 0 Å². The van der Waals surface area contributed by atoms with E-state index in [1.54, 1.807) is 35.4 Å². The number of amidine groups is 1. The molecule has 0 bridgehead atoms. The van der Waals surface area contributed by atoms with Gasteiger partial charge in [-0.05, 0) is 29.8 Å². The topological polar surface area (TPSA) is 65.3 Å². The largest absolute Gasteiger partial charge is 0.508 e. The molecule has 34 heavy (non-hydrogen) atoms. The second-order valence-electron chi connectivity index (χ2n) is 8.14. The van der Waals surface area contributed by atoms with Crippen molar-refractivity contribution in [3.63, 3.8) is 0 Å². The summed E-state index contributed by atoms with van der Waals surface area (Å²) in [5.41, 5.74) is 6.57. The molecule has 1 amide bonds. The van der Waals surface area contributed by atoms with E-state index in [-0.39, 0.29) is 44.4 Å². The molecule has 3 aromatic carbocycles. The molecule has 6 heteroatoms. The average molecular weight is 521 g/mol. The molecule has 2 heterocycles. The predicted molar refractivity (Wildman–Crippen MR) is 131 cm³/mol. The van der Waals surface area contributed by atoms with Gasteiger partial charge in [0.05, 0.1) is 11.4 Å². The fourth-order valence-electron chi connectivity index (χ4n) is 3.93. The van der Waals surface area contributed by atoms with Gasteiger partial charge in [-0.15, -0.1) is 5.56 Å². The summed E-state index contributed by atoms with van der Waals surface area (Å²) in [6, 6.07) is 24.0. The van der Waals surface area contributed by atoms with Crippen molar-refractivity contribution in [1.29, 1.82) is 0 Å². The van der Waals surface area contributed by atoms with Gasteiger partial charge in [-0.2, -0.15) is 29.3 Å². The van der Waals surface area contributed by atoms with Crippen LogP contribution in [-0.4, -0.2) is 27.5 Å². The molecule has 5 nitrogen and oxygen atoms in total. The maximum Gasteiger partial charge on any atom is 0.281 e. The van der Waals surface area contributed by atoms with Gasteiger partial charge in [-0.1, -0.05) is 50.3 Å². The molecule has 0 aliphatic carbocycles. The van der Waals surface area contributed by atoms with Crippen LogP contribution in [0.2, 0.25) is 0 Å². The van der Waals surface area contributed by atoms with Crippen LogP contribution < -0.4 is 0 Å². The summed E-state index contributed by atoms with van der Waals surface area (Å²) in [5, 5.41) is 9.66. The molecule has 2 aliphatic rings. The summed E-state index contributed by atoms with van der Waals surface area (Å²) in [7, 11) is 0. The van der Waals surface area contributed by atoms with Crippen LogP contribution in [0.3, 0.4) is 0 Å². The number of phenolic OH excluding ortho intramolecular Hbond substituents is 1. The molecule has 3 aromatic rings. The van der Waals surface area contributed by atoms with Crippen molar-refractivity contribution in [3.8, 4) is 5.75 Å². The van der Waals surface area contributed by atoms with Crippen molar-refractivity contribution in [1.82, 2.24) is 4.90 Å². The summed E-state index contributed by atoms with van der Waals surface area (Å²) >= 11 is 0. The number of benzene rings is 3. The van der Waals surface area contributed by atoms with E-state index < -0.39 is 0 Å². The van der Waals surface area contributed by atoms with E-state index in [0.29, 0.717) is 23.7 Å². The van der Waals surface area contributed by atoms with E-state index in [9.17, 15) is 9.90 Å². The standard InChI is InChI=1S/C28H22N3O2.Y/c1-18-8-9-22(19(2)14-18)16-25-28(33)31-17-26(21-10-12-23(32)13-11-21)29-24(27(31)30-25)15-20-6-4-3-5-7-20;/h3-13,16-17,32H,15H2,1-2H3;/q-1;/b25-16-;. The Kier molecular flexibility index (Phi) is 7.06. The van der Waals surface area contributed by atoms with Crippen molar-refractivity contribution in [2.24, 2.45) is 9.98 Å². The number of aryl methyl sites for hydroxylation is 2. The van der Waals surface area contributed by atoms with Gasteiger partial charge in [0.2, 0.25) is 0 Å². The molecule has 1 N–H and O–H groups in total. The molecule has 0 saturated heterocycles. The van der Waals surface area contributed by atoms with E-state index >= 15 is 0 Å². The number of aliphatic imine (C=N–C) groups is 2. The van der Waals surface area contributed by atoms with E-state index in [1.807, 2.05) is 62.4 Å². The Bertz CT molecular complexity index is 1370. The van der Waals surface area contributed by atoms with Crippen LogP contribution in [0.4, 0.5) is 0 Å². The quantitative estimate of drug-likeness (QED) is 0.384. The van der Waals surface area contributed by atoms with Crippen LogP contribution in [0, 0.1) is 19.9 Å². The minimum Gasteiger partial charge on any atom is -0.508 e. The molecule has 0 aromatic heterocycles. The average Bonchev–Trinajstić information content (AvgIpc) is 3.12. The van der Waals surface area contributed by atoms with Crippen molar-refractivity contribution in [2.75, 3.05) is 0 Å². The molecule has 2 aliphatic heterocycles. The van der Waals surface area contributed by atoms with E-state index in [4.69, 9.17) is 9.98 Å². The van der Waals surface area contributed by atoms with Crippen molar-refractivity contribution >= 4 is 29.2 Å². The number of aromatic hydroxyl groups is 1. The number of phenols is 1. The Morgan fingerprint density at radius 3 is 2.41 bits per heavy atom. The summed E-state index contributed by atoms with van der Waals surface area (Å²) < 4.78 is 0. The minimum atomic E-state index is -0.193. The molecular weight excluding hydrogens is 499 g/mol. The van der Waals surface area contributed by atoms with Gasteiger partial charge in [-0.25, -0.2) is 9.98 Å². The second kappa shape index (κ2) is 10.0. The zero-order valence-electron chi connectivity index (χ0n) is 19.0. The zero-order valence-corrected chi connectivity index (χ0v) is 21.8. The molecular formula is C28H22N3O2Y-. The van der Waals surface area contributed by atoms with Crippen LogP contribution in [0.5, 0.6) is 5.75 Å². The Morgan fingerprint density at radius 1 is 0.971 bits per heavy atom. The maximum atomic E-state index is 13.3. The monoisotopic (exact) mass is 521 g/mol.